The molecule has 0 amide bonds. The smallest absolute Gasteiger partial charge is 0.136 e. The van der Waals surface area contributed by atoms with Gasteiger partial charge in [0.25, 0.3) is 0 Å². The molecule has 1 aromatic carbocycles. The van der Waals surface area contributed by atoms with Gasteiger partial charge in [0.2, 0.25) is 0 Å². The van der Waals surface area contributed by atoms with E-state index in [9.17, 15) is 5.11 Å². The molecular formula is C14H16N2OS. The molecule has 0 radical (unpaired) electrons. The highest BCUT2D eigenvalue weighted by molar-refractivity contribution is 7.99. The van der Waals surface area contributed by atoms with Gasteiger partial charge in [0.1, 0.15) is 5.82 Å². The maximum absolute atomic E-state index is 9.33. The number of anilines is 1. The zero-order valence-corrected chi connectivity index (χ0v) is 11.0. The van der Waals surface area contributed by atoms with E-state index in [1.165, 1.54) is 5.39 Å². The highest BCUT2D eigenvalue weighted by Crippen LogP contribution is 2.27. The Morgan fingerprint density at radius 1 is 1.22 bits per heavy atom. The average molecular weight is 260 g/mol. The maximum atomic E-state index is 9.33. The van der Waals surface area contributed by atoms with Gasteiger partial charge in [-0.3, -0.25) is 0 Å². The Morgan fingerprint density at radius 2 is 2.00 bits per heavy atom. The van der Waals surface area contributed by atoms with Crippen molar-refractivity contribution in [3.8, 4) is 0 Å². The standard InChI is InChI=1S/C14H16N2OS/c17-10-12-9-11-3-1-2-4-13(11)14(15-12)16-5-7-18-8-6-16/h1-4,9,17H,5-8,10H2. The van der Waals surface area contributed by atoms with E-state index in [2.05, 4.69) is 22.0 Å². The number of aliphatic hydroxyl groups excluding tert-OH is 1. The number of pyridine rings is 1. The Labute approximate surface area is 111 Å². The molecule has 0 saturated carbocycles. The fraction of sp³-hybridized carbons (Fsp3) is 0.357. The molecule has 94 valence electrons. The summed E-state index contributed by atoms with van der Waals surface area (Å²) in [6.07, 6.45) is 0. The van der Waals surface area contributed by atoms with Crippen molar-refractivity contribution in [3.05, 3.63) is 36.0 Å². The number of rotatable bonds is 2. The monoisotopic (exact) mass is 260 g/mol. The van der Waals surface area contributed by atoms with Gasteiger partial charge in [-0.1, -0.05) is 24.3 Å². The van der Waals surface area contributed by atoms with Crippen LogP contribution in [0.25, 0.3) is 10.8 Å². The Balaban J connectivity index is 2.12. The van der Waals surface area contributed by atoms with Crippen LogP contribution in [0.15, 0.2) is 30.3 Å². The predicted octanol–water partition coefficient (Wildman–Crippen LogP) is 2.28. The van der Waals surface area contributed by atoms with Gasteiger partial charge < -0.3 is 10.0 Å². The number of benzene rings is 1. The summed E-state index contributed by atoms with van der Waals surface area (Å²) in [7, 11) is 0. The van der Waals surface area contributed by atoms with Crippen LogP contribution in [0.5, 0.6) is 0 Å². The van der Waals surface area contributed by atoms with Crippen LogP contribution in [-0.2, 0) is 6.61 Å². The van der Waals surface area contributed by atoms with Gasteiger partial charge in [0, 0.05) is 30.0 Å². The van der Waals surface area contributed by atoms with E-state index in [0.29, 0.717) is 0 Å². The molecule has 18 heavy (non-hydrogen) atoms. The molecule has 0 unspecified atom stereocenters. The van der Waals surface area contributed by atoms with Gasteiger partial charge in [-0.05, 0) is 11.5 Å². The van der Waals surface area contributed by atoms with Crippen molar-refractivity contribution in [2.24, 2.45) is 0 Å². The van der Waals surface area contributed by atoms with E-state index < -0.39 is 0 Å². The van der Waals surface area contributed by atoms with Crippen LogP contribution in [-0.4, -0.2) is 34.7 Å². The number of fused-ring (bicyclic) bond motifs is 1. The van der Waals surface area contributed by atoms with Crippen molar-refractivity contribution in [2.75, 3.05) is 29.5 Å². The molecule has 0 aliphatic carbocycles. The predicted molar refractivity (Wildman–Crippen MR) is 77.2 cm³/mol. The minimum Gasteiger partial charge on any atom is -0.390 e. The summed E-state index contributed by atoms with van der Waals surface area (Å²) in [5.74, 6) is 3.33. The second-order valence-corrected chi connectivity index (χ2v) is 5.64. The van der Waals surface area contributed by atoms with Crippen LogP contribution < -0.4 is 4.90 Å². The van der Waals surface area contributed by atoms with Crippen LogP contribution in [0.4, 0.5) is 5.82 Å². The van der Waals surface area contributed by atoms with E-state index in [1.54, 1.807) is 0 Å². The third-order valence-electron chi connectivity index (χ3n) is 3.25. The van der Waals surface area contributed by atoms with Crippen LogP contribution in [0.2, 0.25) is 0 Å². The molecule has 2 heterocycles. The summed E-state index contributed by atoms with van der Waals surface area (Å²) in [5, 5.41) is 11.7. The molecule has 0 bridgehead atoms. The fourth-order valence-electron chi connectivity index (χ4n) is 2.33. The fourth-order valence-corrected chi connectivity index (χ4v) is 3.23. The summed E-state index contributed by atoms with van der Waals surface area (Å²) in [4.78, 5) is 6.94. The van der Waals surface area contributed by atoms with Gasteiger partial charge in [-0.15, -0.1) is 0 Å². The molecular weight excluding hydrogens is 244 g/mol. The summed E-state index contributed by atoms with van der Waals surface area (Å²) in [6, 6.07) is 10.2. The van der Waals surface area contributed by atoms with Gasteiger partial charge in [0.15, 0.2) is 0 Å². The lowest BCUT2D eigenvalue weighted by molar-refractivity contribution is 0.277. The molecule has 1 aromatic heterocycles. The van der Waals surface area contributed by atoms with E-state index in [4.69, 9.17) is 0 Å². The summed E-state index contributed by atoms with van der Waals surface area (Å²) >= 11 is 1.99. The molecule has 1 N–H and O–H groups in total. The molecule has 3 rings (SSSR count). The summed E-state index contributed by atoms with van der Waals surface area (Å²) < 4.78 is 0. The van der Waals surface area contributed by atoms with Gasteiger partial charge in [-0.25, -0.2) is 4.98 Å². The molecule has 3 nitrogen and oxygen atoms in total. The third-order valence-corrected chi connectivity index (χ3v) is 4.19. The van der Waals surface area contributed by atoms with Gasteiger partial charge >= 0.3 is 0 Å². The number of thioether (sulfide) groups is 1. The molecule has 1 fully saturated rings. The Morgan fingerprint density at radius 3 is 2.78 bits per heavy atom. The van der Waals surface area contributed by atoms with Crippen LogP contribution in [0, 0.1) is 0 Å². The first-order valence-corrected chi connectivity index (χ1v) is 7.36. The molecule has 1 aliphatic rings. The van der Waals surface area contributed by atoms with Crippen molar-refractivity contribution in [1.29, 1.82) is 0 Å². The average Bonchev–Trinajstić information content (AvgIpc) is 2.47. The molecule has 0 atom stereocenters. The van der Waals surface area contributed by atoms with Gasteiger partial charge in [-0.2, -0.15) is 11.8 Å². The molecule has 2 aromatic rings. The van der Waals surface area contributed by atoms with Crippen molar-refractivity contribution in [3.63, 3.8) is 0 Å². The highest BCUT2D eigenvalue weighted by atomic mass is 32.2. The van der Waals surface area contributed by atoms with E-state index in [0.717, 1.165) is 41.5 Å². The first-order chi connectivity index (χ1) is 8.88. The number of hydrogen-bond acceptors (Lipinski definition) is 4. The number of hydrogen-bond donors (Lipinski definition) is 1. The quantitative estimate of drug-likeness (QED) is 0.898. The zero-order valence-electron chi connectivity index (χ0n) is 10.2. The van der Waals surface area contributed by atoms with Crippen LogP contribution >= 0.6 is 11.8 Å². The van der Waals surface area contributed by atoms with E-state index in [-0.39, 0.29) is 6.61 Å². The molecule has 1 saturated heterocycles. The largest absolute Gasteiger partial charge is 0.390 e. The lowest BCUT2D eigenvalue weighted by Gasteiger charge is -2.28. The van der Waals surface area contributed by atoms with Crippen molar-refractivity contribution >= 4 is 28.4 Å². The lowest BCUT2D eigenvalue weighted by Crippen LogP contribution is -2.33. The first-order valence-electron chi connectivity index (χ1n) is 6.21. The normalized spacial score (nSPS) is 16.2. The molecule has 1 aliphatic heterocycles. The van der Waals surface area contributed by atoms with E-state index >= 15 is 0 Å². The van der Waals surface area contributed by atoms with Crippen molar-refractivity contribution < 1.29 is 5.11 Å². The SMILES string of the molecule is OCc1cc2ccccc2c(N2CCSCC2)n1. The molecule has 0 spiro atoms. The minimum absolute atomic E-state index is 0.000421. The van der Waals surface area contributed by atoms with Crippen molar-refractivity contribution in [1.82, 2.24) is 4.98 Å². The zero-order chi connectivity index (χ0) is 12.4. The van der Waals surface area contributed by atoms with Crippen LogP contribution in [0.3, 0.4) is 0 Å². The second-order valence-electron chi connectivity index (χ2n) is 4.42. The molecule has 4 heteroatoms. The second kappa shape index (κ2) is 5.16. The number of aromatic nitrogens is 1. The van der Waals surface area contributed by atoms with Gasteiger partial charge in [0.05, 0.1) is 12.3 Å². The lowest BCUT2D eigenvalue weighted by atomic mass is 10.1. The minimum atomic E-state index is 0.000421. The van der Waals surface area contributed by atoms with Crippen molar-refractivity contribution in [2.45, 2.75) is 6.61 Å². The Bertz CT molecular complexity index is 552. The number of aliphatic hydroxyl groups is 1. The van der Waals surface area contributed by atoms with E-state index in [1.807, 2.05) is 30.0 Å². The number of nitrogens with zero attached hydrogens (tertiary/aromatic N) is 2. The Hall–Kier alpha value is -1.26. The topological polar surface area (TPSA) is 36.4 Å². The third kappa shape index (κ3) is 2.18. The summed E-state index contributed by atoms with van der Waals surface area (Å²) in [6.45, 7) is 2.08. The first kappa shape index (κ1) is 11.8. The highest BCUT2D eigenvalue weighted by Gasteiger charge is 2.15. The van der Waals surface area contributed by atoms with Crippen LogP contribution in [0.1, 0.15) is 5.69 Å². The summed E-state index contributed by atoms with van der Waals surface area (Å²) in [5.41, 5.74) is 0.752. The Kier molecular flexibility index (Phi) is 3.39. The maximum Gasteiger partial charge on any atom is 0.136 e.